The van der Waals surface area contributed by atoms with Gasteiger partial charge in [-0.1, -0.05) is 11.6 Å². The van der Waals surface area contributed by atoms with Gasteiger partial charge in [0, 0.05) is 13.1 Å². The average Bonchev–Trinajstić information content (AvgIpc) is 2.50. The van der Waals surface area contributed by atoms with Crippen LogP contribution >= 0.6 is 11.6 Å². The summed E-state index contributed by atoms with van der Waals surface area (Å²) in [7, 11) is 1.84. The molecule has 0 spiro atoms. The van der Waals surface area contributed by atoms with Crippen LogP contribution in [0.5, 0.6) is 0 Å². The predicted octanol–water partition coefficient (Wildman–Crippen LogP) is 0.987. The summed E-state index contributed by atoms with van der Waals surface area (Å²) >= 11 is 5.61. The summed E-state index contributed by atoms with van der Waals surface area (Å²) in [6, 6.07) is 3.23. The molecule has 0 unspecified atom stereocenters. The normalized spacial score (nSPS) is 10.7. The summed E-state index contributed by atoms with van der Waals surface area (Å²) in [5, 5.41) is 4.42. The zero-order valence-electron chi connectivity index (χ0n) is 9.01. The monoisotopic (exact) mass is 238 g/mol. The Hall–Kier alpha value is -1.62. The van der Waals surface area contributed by atoms with Crippen molar-refractivity contribution in [2.45, 2.75) is 13.5 Å². The van der Waals surface area contributed by atoms with Crippen molar-refractivity contribution in [3.05, 3.63) is 45.4 Å². The van der Waals surface area contributed by atoms with Crippen molar-refractivity contribution in [2.24, 2.45) is 7.05 Å². The Morgan fingerprint density at radius 3 is 2.75 bits per heavy atom. The van der Waals surface area contributed by atoms with Crippen LogP contribution in [0.25, 0.3) is 0 Å². The SMILES string of the molecule is Cc1cc(Cn2cnc(Cl)cc2=O)n(C)n1. The van der Waals surface area contributed by atoms with Gasteiger partial charge < -0.3 is 0 Å². The molecule has 0 aromatic carbocycles. The third-order valence-corrected chi connectivity index (χ3v) is 2.48. The van der Waals surface area contributed by atoms with Gasteiger partial charge in [-0.2, -0.15) is 5.10 Å². The maximum atomic E-state index is 11.6. The second-order valence-corrected chi connectivity index (χ2v) is 3.97. The predicted molar refractivity (Wildman–Crippen MR) is 60.6 cm³/mol. The van der Waals surface area contributed by atoms with Gasteiger partial charge in [-0.15, -0.1) is 0 Å². The Balaban J connectivity index is 2.34. The summed E-state index contributed by atoms with van der Waals surface area (Å²) in [5.41, 5.74) is 1.70. The van der Waals surface area contributed by atoms with Crippen LogP contribution in [0.15, 0.2) is 23.3 Å². The second-order valence-electron chi connectivity index (χ2n) is 3.58. The number of aromatic nitrogens is 4. The van der Waals surface area contributed by atoms with Gasteiger partial charge in [0.2, 0.25) is 0 Å². The molecule has 2 aromatic heterocycles. The summed E-state index contributed by atoms with van der Waals surface area (Å²) in [6.45, 7) is 2.35. The third-order valence-electron chi connectivity index (χ3n) is 2.28. The lowest BCUT2D eigenvalue weighted by molar-refractivity contribution is 0.643. The molecule has 0 atom stereocenters. The standard InChI is InChI=1S/C10H11ClN4O/c1-7-3-8(14(2)13-7)5-15-6-12-9(11)4-10(15)16/h3-4,6H,5H2,1-2H3. The van der Waals surface area contributed by atoms with Crippen molar-refractivity contribution < 1.29 is 0 Å². The lowest BCUT2D eigenvalue weighted by atomic mass is 10.3. The minimum absolute atomic E-state index is 0.168. The Bertz CT molecular complexity index is 572. The molecular formula is C10H11ClN4O. The van der Waals surface area contributed by atoms with E-state index < -0.39 is 0 Å². The van der Waals surface area contributed by atoms with E-state index in [4.69, 9.17) is 11.6 Å². The molecule has 0 aliphatic heterocycles. The maximum Gasteiger partial charge on any atom is 0.255 e. The summed E-state index contributed by atoms with van der Waals surface area (Å²) < 4.78 is 3.23. The van der Waals surface area contributed by atoms with Gasteiger partial charge >= 0.3 is 0 Å². The highest BCUT2D eigenvalue weighted by Gasteiger charge is 2.04. The van der Waals surface area contributed by atoms with E-state index in [1.165, 1.54) is 17.0 Å². The van der Waals surface area contributed by atoms with Crippen molar-refractivity contribution in [3.63, 3.8) is 0 Å². The van der Waals surface area contributed by atoms with Gasteiger partial charge in [0.05, 0.1) is 24.3 Å². The van der Waals surface area contributed by atoms with Crippen LogP contribution in [0.4, 0.5) is 0 Å². The summed E-state index contributed by atoms with van der Waals surface area (Å²) in [5.74, 6) is 0. The zero-order chi connectivity index (χ0) is 11.7. The molecule has 0 aliphatic rings. The largest absolute Gasteiger partial charge is 0.293 e. The Morgan fingerprint density at radius 1 is 1.44 bits per heavy atom. The van der Waals surface area contributed by atoms with Crippen LogP contribution in [-0.4, -0.2) is 19.3 Å². The minimum Gasteiger partial charge on any atom is -0.293 e. The fourth-order valence-electron chi connectivity index (χ4n) is 1.51. The molecule has 0 aliphatic carbocycles. The molecule has 0 saturated carbocycles. The molecule has 0 N–H and O–H groups in total. The van der Waals surface area contributed by atoms with Crippen molar-refractivity contribution in [1.29, 1.82) is 0 Å². The highest BCUT2D eigenvalue weighted by atomic mass is 35.5. The number of rotatable bonds is 2. The quantitative estimate of drug-likeness (QED) is 0.733. The molecule has 84 valence electrons. The number of halogens is 1. The number of nitrogens with zero attached hydrogens (tertiary/aromatic N) is 4. The first-order valence-electron chi connectivity index (χ1n) is 4.78. The molecule has 0 amide bonds. The van der Waals surface area contributed by atoms with E-state index in [0.29, 0.717) is 6.54 Å². The number of hydrogen-bond acceptors (Lipinski definition) is 3. The first-order valence-corrected chi connectivity index (χ1v) is 5.15. The van der Waals surface area contributed by atoms with Gasteiger partial charge in [-0.3, -0.25) is 14.0 Å². The van der Waals surface area contributed by atoms with E-state index >= 15 is 0 Å². The topological polar surface area (TPSA) is 52.7 Å². The van der Waals surface area contributed by atoms with E-state index in [-0.39, 0.29) is 10.7 Å². The van der Waals surface area contributed by atoms with E-state index in [1.807, 2.05) is 20.0 Å². The number of aryl methyl sites for hydroxylation is 2. The molecule has 0 bridgehead atoms. The van der Waals surface area contributed by atoms with E-state index in [9.17, 15) is 4.79 Å². The zero-order valence-corrected chi connectivity index (χ0v) is 9.77. The van der Waals surface area contributed by atoms with Gasteiger partial charge in [-0.05, 0) is 13.0 Å². The summed E-state index contributed by atoms with van der Waals surface area (Å²) in [4.78, 5) is 15.4. The summed E-state index contributed by atoms with van der Waals surface area (Å²) in [6.07, 6.45) is 1.44. The van der Waals surface area contributed by atoms with Crippen molar-refractivity contribution in [1.82, 2.24) is 19.3 Å². The van der Waals surface area contributed by atoms with Crippen LogP contribution in [0, 0.1) is 6.92 Å². The molecule has 0 radical (unpaired) electrons. The molecule has 5 nitrogen and oxygen atoms in total. The van der Waals surface area contributed by atoms with Gasteiger partial charge in [0.15, 0.2) is 0 Å². The highest BCUT2D eigenvalue weighted by molar-refractivity contribution is 6.29. The smallest absolute Gasteiger partial charge is 0.255 e. The minimum atomic E-state index is -0.168. The molecule has 2 aromatic rings. The molecule has 16 heavy (non-hydrogen) atoms. The molecular weight excluding hydrogens is 228 g/mol. The first-order chi connectivity index (χ1) is 7.56. The second kappa shape index (κ2) is 4.09. The van der Waals surface area contributed by atoms with E-state index in [0.717, 1.165) is 11.4 Å². The van der Waals surface area contributed by atoms with Crippen LogP contribution < -0.4 is 5.56 Å². The van der Waals surface area contributed by atoms with Crippen LogP contribution in [0.3, 0.4) is 0 Å². The number of hydrogen-bond donors (Lipinski definition) is 0. The maximum absolute atomic E-state index is 11.6. The molecule has 2 rings (SSSR count). The molecule has 2 heterocycles. The van der Waals surface area contributed by atoms with Gasteiger partial charge in [-0.25, -0.2) is 4.98 Å². The Labute approximate surface area is 97.3 Å². The molecule has 0 saturated heterocycles. The van der Waals surface area contributed by atoms with Gasteiger partial charge in [0.1, 0.15) is 5.15 Å². The first kappa shape index (κ1) is 10.9. The van der Waals surface area contributed by atoms with Crippen molar-refractivity contribution in [3.8, 4) is 0 Å². The lowest BCUT2D eigenvalue weighted by Gasteiger charge is -2.04. The third kappa shape index (κ3) is 2.14. The Kier molecular flexibility index (Phi) is 2.78. The van der Waals surface area contributed by atoms with Crippen molar-refractivity contribution >= 4 is 11.6 Å². The fraction of sp³-hybridized carbons (Fsp3) is 0.300. The van der Waals surface area contributed by atoms with E-state index in [2.05, 4.69) is 10.1 Å². The van der Waals surface area contributed by atoms with Crippen LogP contribution in [-0.2, 0) is 13.6 Å². The Morgan fingerprint density at radius 2 is 2.19 bits per heavy atom. The highest BCUT2D eigenvalue weighted by Crippen LogP contribution is 2.04. The van der Waals surface area contributed by atoms with Crippen molar-refractivity contribution in [2.75, 3.05) is 0 Å². The molecule has 0 fully saturated rings. The van der Waals surface area contributed by atoms with Crippen LogP contribution in [0.1, 0.15) is 11.4 Å². The fourth-order valence-corrected chi connectivity index (χ4v) is 1.65. The average molecular weight is 239 g/mol. The van der Waals surface area contributed by atoms with Gasteiger partial charge in [0.25, 0.3) is 5.56 Å². The van der Waals surface area contributed by atoms with Crippen LogP contribution in [0.2, 0.25) is 5.15 Å². The lowest BCUT2D eigenvalue weighted by Crippen LogP contribution is -2.21. The molecule has 6 heteroatoms. The van der Waals surface area contributed by atoms with E-state index in [1.54, 1.807) is 4.68 Å².